The molecular weight excluding hydrogens is 418 g/mol. The summed E-state index contributed by atoms with van der Waals surface area (Å²) in [7, 11) is 1.57. The summed E-state index contributed by atoms with van der Waals surface area (Å²) < 4.78 is 6.07. The summed E-state index contributed by atoms with van der Waals surface area (Å²) in [6.45, 7) is 0. The van der Waals surface area contributed by atoms with Crippen LogP contribution in [-0.4, -0.2) is 24.1 Å². The second-order valence-corrected chi connectivity index (χ2v) is 7.12. The van der Waals surface area contributed by atoms with Gasteiger partial charge in [-0.3, -0.25) is 14.9 Å². The molecule has 2 amide bonds. The van der Waals surface area contributed by atoms with Crippen LogP contribution in [0.2, 0.25) is 0 Å². The van der Waals surface area contributed by atoms with Gasteiger partial charge in [0.1, 0.15) is 5.75 Å². The van der Waals surface area contributed by atoms with Crippen LogP contribution in [0.15, 0.2) is 63.0 Å². The minimum absolute atomic E-state index is 0.281. The Morgan fingerprint density at radius 3 is 2.85 bits per heavy atom. The van der Waals surface area contributed by atoms with Crippen molar-refractivity contribution in [3.05, 3.63) is 69.0 Å². The molecule has 0 bridgehead atoms. The fraction of sp³-hybridized carbons (Fsp3) is 0.0556. The lowest BCUT2D eigenvalue weighted by Crippen LogP contribution is -2.25. The minimum atomic E-state index is -0.365. The van der Waals surface area contributed by atoms with Crippen molar-refractivity contribution in [2.24, 2.45) is 5.10 Å². The van der Waals surface area contributed by atoms with Crippen LogP contribution < -0.4 is 15.5 Å². The third-order valence-corrected chi connectivity index (χ3v) is 4.83. The first kappa shape index (κ1) is 18.2. The van der Waals surface area contributed by atoms with E-state index >= 15 is 0 Å². The number of hydrogen-bond acceptors (Lipinski definition) is 5. The highest BCUT2D eigenvalue weighted by molar-refractivity contribution is 9.10. The number of rotatable bonds is 4. The van der Waals surface area contributed by atoms with E-state index in [4.69, 9.17) is 4.74 Å². The number of hydrazone groups is 1. The van der Waals surface area contributed by atoms with Crippen molar-refractivity contribution in [3.63, 3.8) is 0 Å². The molecule has 0 aliphatic carbocycles. The van der Waals surface area contributed by atoms with Crippen molar-refractivity contribution < 1.29 is 14.3 Å². The molecule has 0 radical (unpaired) electrons. The number of nitrogens with zero attached hydrogens (tertiary/aromatic N) is 1. The average molecular weight is 432 g/mol. The summed E-state index contributed by atoms with van der Waals surface area (Å²) in [4.78, 5) is 24.7. The lowest BCUT2D eigenvalue weighted by atomic mass is 10.2. The van der Waals surface area contributed by atoms with E-state index in [1.165, 1.54) is 0 Å². The number of ether oxygens (including phenoxy) is 1. The Morgan fingerprint density at radius 1 is 1.27 bits per heavy atom. The topological polar surface area (TPSA) is 79.8 Å². The number of methoxy groups -OCH3 is 1. The predicted octanol–water partition coefficient (Wildman–Crippen LogP) is 3.36. The summed E-state index contributed by atoms with van der Waals surface area (Å²) in [5.41, 5.74) is 3.68. The molecule has 3 rings (SSSR count). The van der Waals surface area contributed by atoms with E-state index < -0.39 is 0 Å². The van der Waals surface area contributed by atoms with Crippen LogP contribution in [0.25, 0.3) is 6.08 Å². The van der Waals surface area contributed by atoms with Gasteiger partial charge in [0.15, 0.2) is 5.17 Å². The van der Waals surface area contributed by atoms with Crippen molar-refractivity contribution in [2.75, 3.05) is 7.11 Å². The Balaban J connectivity index is 1.72. The monoisotopic (exact) mass is 431 g/mol. The normalized spacial score (nSPS) is 16.6. The molecule has 0 atom stereocenters. The van der Waals surface area contributed by atoms with Gasteiger partial charge in [0.2, 0.25) is 0 Å². The fourth-order valence-corrected chi connectivity index (χ4v) is 3.38. The van der Waals surface area contributed by atoms with Crippen LogP contribution in [0.3, 0.4) is 0 Å². The van der Waals surface area contributed by atoms with Crippen molar-refractivity contribution in [2.45, 2.75) is 0 Å². The van der Waals surface area contributed by atoms with E-state index in [1.807, 2.05) is 30.3 Å². The highest BCUT2D eigenvalue weighted by atomic mass is 79.9. The number of amides is 2. The summed E-state index contributed by atoms with van der Waals surface area (Å²) in [5.74, 6) is 0.0221. The minimum Gasteiger partial charge on any atom is -0.496 e. The molecule has 1 saturated heterocycles. The number of carbonyl (C=O) groups excluding carboxylic acids is 2. The number of thioether (sulfide) groups is 1. The van der Waals surface area contributed by atoms with Gasteiger partial charge in [-0.25, -0.2) is 5.43 Å². The zero-order valence-electron chi connectivity index (χ0n) is 13.7. The van der Waals surface area contributed by atoms with E-state index in [-0.39, 0.29) is 11.8 Å². The first-order chi connectivity index (χ1) is 12.6. The number of amidine groups is 1. The van der Waals surface area contributed by atoms with E-state index in [2.05, 4.69) is 31.8 Å². The van der Waals surface area contributed by atoms with Gasteiger partial charge in [0, 0.05) is 15.6 Å². The van der Waals surface area contributed by atoms with Crippen LogP contribution in [0, 0.1) is 0 Å². The number of hydrogen-bond donors (Lipinski definition) is 2. The van der Waals surface area contributed by atoms with Gasteiger partial charge in [-0.1, -0.05) is 40.2 Å². The number of para-hydroxylation sites is 1. The third-order valence-electron chi connectivity index (χ3n) is 3.42. The molecule has 2 aromatic rings. The molecule has 0 unspecified atom stereocenters. The zero-order chi connectivity index (χ0) is 18.5. The van der Waals surface area contributed by atoms with Crippen molar-refractivity contribution in [1.29, 1.82) is 0 Å². The van der Waals surface area contributed by atoms with Crippen LogP contribution >= 0.6 is 27.7 Å². The van der Waals surface area contributed by atoms with Crippen LogP contribution in [0.1, 0.15) is 15.9 Å². The molecule has 8 heteroatoms. The number of benzene rings is 2. The summed E-state index contributed by atoms with van der Waals surface area (Å²) in [6, 6.07) is 14.3. The van der Waals surface area contributed by atoms with E-state index in [9.17, 15) is 9.59 Å². The molecule has 1 fully saturated rings. The second-order valence-electron chi connectivity index (χ2n) is 5.17. The summed E-state index contributed by atoms with van der Waals surface area (Å²) in [5, 5.41) is 6.90. The van der Waals surface area contributed by atoms with Crippen LogP contribution in [0.4, 0.5) is 0 Å². The Kier molecular flexibility index (Phi) is 5.75. The average Bonchev–Trinajstić information content (AvgIpc) is 2.99. The summed E-state index contributed by atoms with van der Waals surface area (Å²) in [6.07, 6.45) is 1.72. The Bertz CT molecular complexity index is 927. The maximum absolute atomic E-state index is 12.1. The lowest BCUT2D eigenvalue weighted by molar-refractivity contribution is -0.115. The number of nitrogens with one attached hydrogen (secondary N) is 2. The maximum Gasteiger partial charge on any atom is 0.271 e. The first-order valence-corrected chi connectivity index (χ1v) is 9.15. The Morgan fingerprint density at radius 2 is 2.08 bits per heavy atom. The standard InChI is InChI=1S/C18H14BrN3O3S/c1-25-14-8-3-2-5-11(14)10-15-17(24)20-18(26-15)22-21-16(23)12-6-4-7-13(19)9-12/h2-10H,1H3,(H,21,23)(H,20,22,24). The molecule has 1 aliphatic rings. The van der Waals surface area contributed by atoms with Gasteiger partial charge in [-0.05, 0) is 42.1 Å². The van der Waals surface area contributed by atoms with Crippen molar-refractivity contribution in [3.8, 4) is 5.75 Å². The molecule has 0 aromatic heterocycles. The number of halogens is 1. The van der Waals surface area contributed by atoms with Crippen molar-refractivity contribution in [1.82, 2.24) is 10.7 Å². The zero-order valence-corrected chi connectivity index (χ0v) is 16.1. The van der Waals surface area contributed by atoms with E-state index in [1.54, 1.807) is 31.4 Å². The quantitative estimate of drug-likeness (QED) is 0.574. The Labute approximate surface area is 162 Å². The van der Waals surface area contributed by atoms with Crippen LogP contribution in [0.5, 0.6) is 5.75 Å². The molecule has 2 N–H and O–H groups in total. The Hall–Kier alpha value is -2.58. The van der Waals surface area contributed by atoms with Crippen LogP contribution in [-0.2, 0) is 4.79 Å². The van der Waals surface area contributed by atoms with Gasteiger partial charge in [0.05, 0.1) is 12.0 Å². The SMILES string of the molecule is COc1ccccc1C=C1SC(=NNC(=O)c2cccc(Br)c2)NC1=O. The second kappa shape index (κ2) is 8.20. The molecule has 132 valence electrons. The molecule has 0 saturated carbocycles. The van der Waals surface area contributed by atoms with Gasteiger partial charge < -0.3 is 4.74 Å². The molecule has 26 heavy (non-hydrogen) atoms. The maximum atomic E-state index is 12.1. The fourth-order valence-electron chi connectivity index (χ4n) is 2.20. The van der Waals surface area contributed by atoms with Crippen molar-refractivity contribution >= 4 is 50.7 Å². The number of carbonyl (C=O) groups is 2. The lowest BCUT2D eigenvalue weighted by Gasteiger charge is -2.03. The largest absolute Gasteiger partial charge is 0.496 e. The molecule has 6 nitrogen and oxygen atoms in total. The van der Waals surface area contributed by atoms with E-state index in [0.717, 1.165) is 21.8 Å². The van der Waals surface area contributed by atoms with Gasteiger partial charge in [0.25, 0.3) is 11.8 Å². The van der Waals surface area contributed by atoms with Gasteiger partial charge in [-0.15, -0.1) is 5.10 Å². The first-order valence-electron chi connectivity index (χ1n) is 7.54. The molecule has 0 spiro atoms. The molecule has 1 aliphatic heterocycles. The van der Waals surface area contributed by atoms with E-state index in [0.29, 0.717) is 21.4 Å². The van der Waals surface area contributed by atoms with Gasteiger partial charge in [-0.2, -0.15) is 0 Å². The molecule has 1 heterocycles. The smallest absolute Gasteiger partial charge is 0.271 e. The molecule has 2 aromatic carbocycles. The summed E-state index contributed by atoms with van der Waals surface area (Å²) >= 11 is 4.46. The predicted molar refractivity (Wildman–Crippen MR) is 106 cm³/mol. The molecular formula is C18H14BrN3O3S. The highest BCUT2D eigenvalue weighted by Gasteiger charge is 2.24. The third kappa shape index (κ3) is 4.33. The highest BCUT2D eigenvalue weighted by Crippen LogP contribution is 2.28. The van der Waals surface area contributed by atoms with Gasteiger partial charge >= 0.3 is 0 Å².